The van der Waals surface area contributed by atoms with E-state index in [0.29, 0.717) is 6.54 Å². The van der Waals surface area contributed by atoms with Crippen molar-refractivity contribution in [3.63, 3.8) is 0 Å². The summed E-state index contributed by atoms with van der Waals surface area (Å²) in [4.78, 5) is 11.8. The van der Waals surface area contributed by atoms with E-state index in [1.165, 1.54) is 0 Å². The van der Waals surface area contributed by atoms with E-state index in [1.807, 2.05) is 33.8 Å². The molecule has 0 aromatic carbocycles. The van der Waals surface area contributed by atoms with E-state index in [4.69, 9.17) is 9.26 Å². The van der Waals surface area contributed by atoms with Gasteiger partial charge in [0.2, 0.25) is 0 Å². The fourth-order valence-electron chi connectivity index (χ4n) is 2.57. The van der Waals surface area contributed by atoms with E-state index in [-0.39, 0.29) is 18.2 Å². The zero-order valence-corrected chi connectivity index (χ0v) is 13.2. The second-order valence-corrected chi connectivity index (χ2v) is 6.61. The maximum absolute atomic E-state index is 11.8. The molecule has 6 heteroatoms. The fraction of sp³-hybridized carbons (Fsp3) is 0.733. The van der Waals surface area contributed by atoms with Crippen LogP contribution in [0.5, 0.6) is 0 Å². The molecule has 1 aromatic heterocycles. The molecular weight excluding hydrogens is 270 g/mol. The molecule has 21 heavy (non-hydrogen) atoms. The summed E-state index contributed by atoms with van der Waals surface area (Å²) in [6.07, 6.45) is 2.74. The topological polar surface area (TPSA) is 76.4 Å². The quantitative estimate of drug-likeness (QED) is 0.892. The predicted molar refractivity (Wildman–Crippen MR) is 78.9 cm³/mol. The Morgan fingerprint density at radius 3 is 2.76 bits per heavy atom. The summed E-state index contributed by atoms with van der Waals surface area (Å²) in [5.41, 5.74) is 0.407. The lowest BCUT2D eigenvalue weighted by Crippen LogP contribution is -2.47. The molecule has 118 valence electrons. The molecule has 1 heterocycles. The summed E-state index contributed by atoms with van der Waals surface area (Å²) in [6, 6.07) is 2.25. The lowest BCUT2D eigenvalue weighted by Gasteiger charge is -2.25. The molecule has 2 rings (SSSR count). The zero-order valence-electron chi connectivity index (χ0n) is 13.2. The van der Waals surface area contributed by atoms with Crippen LogP contribution in [0.1, 0.15) is 51.5 Å². The first-order chi connectivity index (χ1) is 9.83. The smallest absolute Gasteiger partial charge is 0.407 e. The monoisotopic (exact) mass is 295 g/mol. The molecule has 2 unspecified atom stereocenters. The lowest BCUT2D eigenvalue weighted by atomic mass is 10.1. The number of aryl methyl sites for hydroxylation is 1. The summed E-state index contributed by atoms with van der Waals surface area (Å²) < 4.78 is 10.5. The van der Waals surface area contributed by atoms with Crippen molar-refractivity contribution in [3.8, 4) is 0 Å². The number of carbonyl (C=O) groups excluding carboxylic acids is 1. The minimum absolute atomic E-state index is 0.101. The van der Waals surface area contributed by atoms with Crippen molar-refractivity contribution in [2.45, 2.75) is 71.2 Å². The van der Waals surface area contributed by atoms with Gasteiger partial charge in [-0.15, -0.1) is 0 Å². The summed E-state index contributed by atoms with van der Waals surface area (Å²) in [7, 11) is 0. The number of alkyl carbamates (subject to hydrolysis) is 1. The Kier molecular flexibility index (Phi) is 4.88. The van der Waals surface area contributed by atoms with Gasteiger partial charge in [0.15, 0.2) is 5.76 Å². The second-order valence-electron chi connectivity index (χ2n) is 6.61. The predicted octanol–water partition coefficient (Wildman–Crippen LogP) is 2.52. The van der Waals surface area contributed by atoms with Crippen molar-refractivity contribution in [2.24, 2.45) is 0 Å². The summed E-state index contributed by atoms with van der Waals surface area (Å²) >= 11 is 0. The molecule has 0 radical (unpaired) electrons. The normalized spacial score (nSPS) is 22.3. The van der Waals surface area contributed by atoms with Gasteiger partial charge in [-0.05, 0) is 47.0 Å². The molecule has 0 bridgehead atoms. The molecule has 1 amide bonds. The van der Waals surface area contributed by atoms with Gasteiger partial charge in [0, 0.05) is 18.2 Å². The Morgan fingerprint density at radius 1 is 1.43 bits per heavy atom. The van der Waals surface area contributed by atoms with E-state index in [2.05, 4.69) is 15.8 Å². The third kappa shape index (κ3) is 5.04. The maximum atomic E-state index is 11.8. The van der Waals surface area contributed by atoms with Gasteiger partial charge >= 0.3 is 6.09 Å². The van der Waals surface area contributed by atoms with E-state index in [9.17, 15) is 4.79 Å². The standard InChI is InChI=1S/C15H25N3O3/c1-10-8-11(21-18-10)9-16-12-6-5-7-13(12)17-14(19)20-15(2,3)4/h8,12-13,16H,5-7,9H2,1-4H3,(H,17,19). The van der Waals surface area contributed by atoms with Gasteiger partial charge in [-0.3, -0.25) is 0 Å². The molecular formula is C15H25N3O3. The van der Waals surface area contributed by atoms with Crippen molar-refractivity contribution in [1.29, 1.82) is 0 Å². The fourth-order valence-corrected chi connectivity index (χ4v) is 2.57. The average Bonchev–Trinajstić information content (AvgIpc) is 2.93. The van der Waals surface area contributed by atoms with Crippen LogP contribution in [0, 0.1) is 6.92 Å². The number of rotatable bonds is 4. The number of hydrogen-bond acceptors (Lipinski definition) is 5. The molecule has 1 aliphatic rings. The maximum Gasteiger partial charge on any atom is 0.407 e. The number of carbonyl (C=O) groups is 1. The van der Waals surface area contributed by atoms with Crippen LogP contribution in [0.25, 0.3) is 0 Å². The molecule has 0 aliphatic heterocycles. The highest BCUT2D eigenvalue weighted by Crippen LogP contribution is 2.20. The van der Waals surface area contributed by atoms with Gasteiger partial charge in [-0.25, -0.2) is 4.79 Å². The molecule has 2 N–H and O–H groups in total. The Labute approximate surface area is 125 Å². The highest BCUT2D eigenvalue weighted by Gasteiger charge is 2.30. The van der Waals surface area contributed by atoms with E-state index in [0.717, 1.165) is 30.7 Å². The van der Waals surface area contributed by atoms with Crippen LogP contribution >= 0.6 is 0 Å². The number of nitrogens with one attached hydrogen (secondary N) is 2. The van der Waals surface area contributed by atoms with Crippen LogP contribution in [0.2, 0.25) is 0 Å². The van der Waals surface area contributed by atoms with Crippen LogP contribution in [0.15, 0.2) is 10.6 Å². The van der Waals surface area contributed by atoms with Crippen molar-refractivity contribution in [2.75, 3.05) is 0 Å². The first-order valence-electron chi connectivity index (χ1n) is 7.48. The molecule has 6 nitrogen and oxygen atoms in total. The number of amides is 1. The van der Waals surface area contributed by atoms with Crippen LogP contribution in [-0.4, -0.2) is 28.9 Å². The highest BCUT2D eigenvalue weighted by atomic mass is 16.6. The molecule has 0 saturated heterocycles. The molecule has 1 aliphatic carbocycles. The summed E-state index contributed by atoms with van der Waals surface area (Å²) in [5, 5.41) is 10.2. The minimum atomic E-state index is -0.469. The van der Waals surface area contributed by atoms with Crippen LogP contribution < -0.4 is 10.6 Å². The van der Waals surface area contributed by atoms with Gasteiger partial charge in [-0.1, -0.05) is 5.16 Å². The van der Waals surface area contributed by atoms with E-state index < -0.39 is 5.60 Å². The average molecular weight is 295 g/mol. The van der Waals surface area contributed by atoms with Gasteiger partial charge in [0.25, 0.3) is 0 Å². The Morgan fingerprint density at radius 2 is 2.14 bits per heavy atom. The van der Waals surface area contributed by atoms with E-state index >= 15 is 0 Å². The zero-order chi connectivity index (χ0) is 15.5. The highest BCUT2D eigenvalue weighted by molar-refractivity contribution is 5.68. The Hall–Kier alpha value is -1.56. The molecule has 2 atom stereocenters. The van der Waals surface area contributed by atoms with Gasteiger partial charge < -0.3 is 19.9 Å². The van der Waals surface area contributed by atoms with E-state index in [1.54, 1.807) is 0 Å². The molecule has 1 aromatic rings. The van der Waals surface area contributed by atoms with Crippen LogP contribution in [0.3, 0.4) is 0 Å². The second kappa shape index (κ2) is 6.47. The lowest BCUT2D eigenvalue weighted by molar-refractivity contribution is 0.0498. The van der Waals surface area contributed by atoms with Gasteiger partial charge in [0.05, 0.1) is 12.2 Å². The SMILES string of the molecule is Cc1cc(CNC2CCCC2NC(=O)OC(C)(C)C)on1. The number of aromatic nitrogens is 1. The van der Waals surface area contributed by atoms with Gasteiger partial charge in [-0.2, -0.15) is 0 Å². The van der Waals surface area contributed by atoms with Crippen molar-refractivity contribution < 1.29 is 14.1 Å². The number of hydrogen-bond donors (Lipinski definition) is 2. The van der Waals surface area contributed by atoms with Crippen molar-refractivity contribution >= 4 is 6.09 Å². The first kappa shape index (κ1) is 15.8. The summed E-state index contributed by atoms with van der Waals surface area (Å²) in [6.45, 7) is 8.11. The first-order valence-corrected chi connectivity index (χ1v) is 7.48. The third-order valence-electron chi connectivity index (χ3n) is 3.43. The van der Waals surface area contributed by atoms with Crippen LogP contribution in [-0.2, 0) is 11.3 Å². The number of ether oxygens (including phenoxy) is 1. The van der Waals surface area contributed by atoms with Crippen LogP contribution in [0.4, 0.5) is 4.79 Å². The Balaban J connectivity index is 1.81. The minimum Gasteiger partial charge on any atom is -0.444 e. The third-order valence-corrected chi connectivity index (χ3v) is 3.43. The largest absolute Gasteiger partial charge is 0.444 e. The van der Waals surface area contributed by atoms with Gasteiger partial charge in [0.1, 0.15) is 5.60 Å². The molecule has 1 saturated carbocycles. The molecule has 0 spiro atoms. The number of nitrogens with zero attached hydrogens (tertiary/aromatic N) is 1. The molecule has 1 fully saturated rings. The Bertz CT molecular complexity index is 479. The van der Waals surface area contributed by atoms with Crippen molar-refractivity contribution in [3.05, 3.63) is 17.5 Å². The van der Waals surface area contributed by atoms with Crippen molar-refractivity contribution in [1.82, 2.24) is 15.8 Å². The summed E-state index contributed by atoms with van der Waals surface area (Å²) in [5.74, 6) is 0.815.